The molecule has 68 valence electrons. The predicted molar refractivity (Wildman–Crippen MR) is 38.1 cm³/mol. The number of nitrogens with zero attached hydrogens (tertiary/aromatic N) is 1. The normalized spacial score (nSPS) is 17.1. The Morgan fingerprint density at radius 3 is 2.77 bits per heavy atom. The second-order valence-corrected chi connectivity index (χ2v) is 2.36. The second kappa shape index (κ2) is 2.38. The van der Waals surface area contributed by atoms with Crippen LogP contribution < -0.4 is 9.47 Å². The third-order valence-corrected chi connectivity index (χ3v) is 1.51. The van der Waals surface area contributed by atoms with E-state index in [0.29, 0.717) is 0 Å². The number of benzene rings is 1. The standard InChI is InChI=1S/C7H3F2NO3/c8-7(9)12-5-3-1-2-4(10-11)6(5)13-7/h1-3H. The van der Waals surface area contributed by atoms with E-state index in [4.69, 9.17) is 0 Å². The van der Waals surface area contributed by atoms with Gasteiger partial charge in [0.15, 0.2) is 11.4 Å². The molecule has 0 aliphatic carbocycles. The summed E-state index contributed by atoms with van der Waals surface area (Å²) in [6.45, 7) is 0. The molecule has 0 amide bonds. The molecule has 1 aromatic rings. The van der Waals surface area contributed by atoms with Gasteiger partial charge in [-0.2, -0.15) is 0 Å². The van der Waals surface area contributed by atoms with Crippen LogP contribution in [0.25, 0.3) is 0 Å². The zero-order valence-electron chi connectivity index (χ0n) is 6.16. The summed E-state index contributed by atoms with van der Waals surface area (Å²) in [6, 6.07) is 3.90. The van der Waals surface area contributed by atoms with E-state index in [2.05, 4.69) is 14.7 Å². The molecule has 0 N–H and O–H groups in total. The van der Waals surface area contributed by atoms with E-state index >= 15 is 0 Å². The molecule has 1 aromatic carbocycles. The first kappa shape index (κ1) is 7.90. The molecule has 0 unspecified atom stereocenters. The van der Waals surface area contributed by atoms with Crippen molar-refractivity contribution >= 4 is 5.69 Å². The lowest BCUT2D eigenvalue weighted by atomic mass is 10.3. The summed E-state index contributed by atoms with van der Waals surface area (Å²) in [7, 11) is 0. The number of hydrogen-bond donors (Lipinski definition) is 0. The van der Waals surface area contributed by atoms with Crippen LogP contribution in [0.4, 0.5) is 14.5 Å². The fourth-order valence-electron chi connectivity index (χ4n) is 1.03. The molecular formula is C7H3F2NO3. The molecule has 0 saturated heterocycles. The molecule has 13 heavy (non-hydrogen) atoms. The van der Waals surface area contributed by atoms with Crippen LogP contribution in [-0.2, 0) is 0 Å². The predicted octanol–water partition coefficient (Wildman–Crippen LogP) is 2.41. The number of hydrogen-bond acceptors (Lipinski definition) is 4. The van der Waals surface area contributed by atoms with Crippen LogP contribution in [0.2, 0.25) is 0 Å². The number of nitroso groups, excluding NO2 is 1. The lowest BCUT2D eigenvalue weighted by Gasteiger charge is -2.04. The Hall–Kier alpha value is -1.72. The number of rotatable bonds is 1. The van der Waals surface area contributed by atoms with Gasteiger partial charge in [0.1, 0.15) is 0 Å². The molecule has 1 aliphatic rings. The first-order chi connectivity index (χ1) is 6.12. The molecule has 0 fully saturated rings. The molecule has 0 atom stereocenters. The number of ether oxygens (including phenoxy) is 2. The van der Waals surface area contributed by atoms with E-state index in [1.165, 1.54) is 18.2 Å². The molecule has 1 aliphatic heterocycles. The molecule has 0 radical (unpaired) electrons. The lowest BCUT2D eigenvalue weighted by Crippen LogP contribution is -2.25. The Bertz CT molecular complexity index is 367. The van der Waals surface area contributed by atoms with Gasteiger partial charge in [-0.3, -0.25) is 0 Å². The van der Waals surface area contributed by atoms with Crippen LogP contribution in [0.5, 0.6) is 11.5 Å². The molecule has 4 nitrogen and oxygen atoms in total. The van der Waals surface area contributed by atoms with Crippen LogP contribution in [0.15, 0.2) is 23.4 Å². The maximum atomic E-state index is 12.5. The highest BCUT2D eigenvalue weighted by Crippen LogP contribution is 2.46. The Morgan fingerprint density at radius 2 is 2.08 bits per heavy atom. The lowest BCUT2D eigenvalue weighted by molar-refractivity contribution is -0.286. The summed E-state index contributed by atoms with van der Waals surface area (Å²) in [5, 5.41) is 2.52. The summed E-state index contributed by atoms with van der Waals surface area (Å²) >= 11 is 0. The van der Waals surface area contributed by atoms with Gasteiger partial charge >= 0.3 is 6.29 Å². The van der Waals surface area contributed by atoms with Crippen molar-refractivity contribution in [3.8, 4) is 11.5 Å². The minimum Gasteiger partial charge on any atom is -0.395 e. The average molecular weight is 187 g/mol. The van der Waals surface area contributed by atoms with Gasteiger partial charge in [0, 0.05) is 0 Å². The third kappa shape index (κ3) is 1.20. The number of para-hydroxylation sites is 1. The van der Waals surface area contributed by atoms with Crippen LogP contribution in [0.1, 0.15) is 0 Å². The zero-order valence-corrected chi connectivity index (χ0v) is 6.16. The van der Waals surface area contributed by atoms with E-state index in [9.17, 15) is 13.7 Å². The second-order valence-electron chi connectivity index (χ2n) is 2.36. The van der Waals surface area contributed by atoms with Gasteiger partial charge in [0.25, 0.3) is 0 Å². The van der Waals surface area contributed by atoms with Crippen molar-refractivity contribution in [1.29, 1.82) is 0 Å². The van der Waals surface area contributed by atoms with Crippen molar-refractivity contribution in [2.75, 3.05) is 0 Å². The Balaban J connectivity index is 2.51. The van der Waals surface area contributed by atoms with Crippen molar-refractivity contribution in [3.05, 3.63) is 23.1 Å². The van der Waals surface area contributed by atoms with Crippen LogP contribution in [-0.4, -0.2) is 6.29 Å². The Morgan fingerprint density at radius 1 is 1.31 bits per heavy atom. The average Bonchev–Trinajstić information content (AvgIpc) is 2.37. The largest absolute Gasteiger partial charge is 0.586 e. The highest BCUT2D eigenvalue weighted by Gasteiger charge is 2.44. The Labute approximate surface area is 71.0 Å². The van der Waals surface area contributed by atoms with Gasteiger partial charge in [-0.1, -0.05) is 6.07 Å². The summed E-state index contributed by atoms with van der Waals surface area (Å²) in [5.41, 5.74) is -0.199. The zero-order chi connectivity index (χ0) is 9.47. The van der Waals surface area contributed by atoms with Crippen LogP contribution in [0, 0.1) is 4.91 Å². The fourth-order valence-corrected chi connectivity index (χ4v) is 1.03. The third-order valence-electron chi connectivity index (χ3n) is 1.51. The molecule has 1 heterocycles. The molecule has 0 saturated carbocycles. The van der Waals surface area contributed by atoms with Crippen LogP contribution in [0.3, 0.4) is 0 Å². The smallest absolute Gasteiger partial charge is 0.395 e. The highest BCUT2D eigenvalue weighted by atomic mass is 19.3. The molecule has 6 heteroatoms. The maximum absolute atomic E-state index is 12.5. The van der Waals surface area contributed by atoms with Crippen molar-refractivity contribution in [3.63, 3.8) is 0 Å². The quantitative estimate of drug-likeness (QED) is 0.634. The van der Waals surface area contributed by atoms with E-state index in [1.54, 1.807) is 0 Å². The van der Waals surface area contributed by atoms with E-state index < -0.39 is 6.29 Å². The van der Waals surface area contributed by atoms with Gasteiger partial charge in [-0.05, 0) is 17.3 Å². The van der Waals surface area contributed by atoms with Gasteiger partial charge in [-0.25, -0.2) is 0 Å². The molecule has 0 spiro atoms. The van der Waals surface area contributed by atoms with Crippen molar-refractivity contribution < 1.29 is 18.3 Å². The van der Waals surface area contributed by atoms with Gasteiger partial charge < -0.3 is 9.47 Å². The van der Waals surface area contributed by atoms with Crippen molar-refractivity contribution in [2.45, 2.75) is 6.29 Å². The Kier molecular flexibility index (Phi) is 1.45. The molecule has 0 aromatic heterocycles. The summed E-state index contributed by atoms with van der Waals surface area (Å²) in [5.74, 6) is -0.496. The first-order valence-corrected chi connectivity index (χ1v) is 3.34. The van der Waals surface area contributed by atoms with E-state index in [1.807, 2.05) is 0 Å². The molecule has 2 rings (SSSR count). The monoisotopic (exact) mass is 187 g/mol. The molecule has 0 bridgehead atoms. The first-order valence-electron chi connectivity index (χ1n) is 3.34. The molecular weight excluding hydrogens is 184 g/mol. The van der Waals surface area contributed by atoms with E-state index in [0.717, 1.165) is 0 Å². The van der Waals surface area contributed by atoms with Gasteiger partial charge in [0.05, 0.1) is 0 Å². The fraction of sp³-hybridized carbons (Fsp3) is 0.143. The van der Waals surface area contributed by atoms with Crippen molar-refractivity contribution in [1.82, 2.24) is 0 Å². The summed E-state index contributed by atoms with van der Waals surface area (Å²) < 4.78 is 33.1. The van der Waals surface area contributed by atoms with Crippen molar-refractivity contribution in [2.24, 2.45) is 5.18 Å². The summed E-state index contributed by atoms with van der Waals surface area (Å²) in [6.07, 6.45) is -3.71. The minimum atomic E-state index is -3.71. The number of alkyl halides is 2. The maximum Gasteiger partial charge on any atom is 0.586 e. The topological polar surface area (TPSA) is 47.9 Å². The SMILES string of the molecule is O=Nc1cccc2c1OC(F)(F)O2. The minimum absolute atomic E-state index is 0.179. The number of fused-ring (bicyclic) bond motifs is 1. The summed E-state index contributed by atoms with van der Waals surface area (Å²) in [4.78, 5) is 10.1. The highest BCUT2D eigenvalue weighted by molar-refractivity contribution is 5.60. The van der Waals surface area contributed by atoms with Crippen LogP contribution >= 0.6 is 0 Å². The van der Waals surface area contributed by atoms with E-state index in [-0.39, 0.29) is 17.2 Å². The van der Waals surface area contributed by atoms with Gasteiger partial charge in [-0.15, -0.1) is 13.7 Å². The van der Waals surface area contributed by atoms with Gasteiger partial charge in [0.2, 0.25) is 5.75 Å². The number of halogens is 2.